The van der Waals surface area contributed by atoms with E-state index in [-0.39, 0.29) is 5.91 Å². The van der Waals surface area contributed by atoms with Crippen LogP contribution in [0, 0.1) is 0 Å². The first-order valence-electron chi connectivity index (χ1n) is 9.04. The number of rotatable bonds is 6. The smallest absolute Gasteiger partial charge is 0.259 e. The number of aryl methyl sites for hydroxylation is 1. The van der Waals surface area contributed by atoms with Crippen LogP contribution in [0.2, 0.25) is 0 Å². The Balaban J connectivity index is 1.89. The second kappa shape index (κ2) is 8.06. The number of anilines is 1. The average Bonchev–Trinajstić information content (AvgIpc) is 2.63. The highest BCUT2D eigenvalue weighted by Gasteiger charge is 2.18. The fourth-order valence-corrected chi connectivity index (χ4v) is 3.31. The molecule has 3 rings (SSSR count). The van der Waals surface area contributed by atoms with Crippen molar-refractivity contribution in [2.24, 2.45) is 0 Å². The van der Waals surface area contributed by atoms with E-state index >= 15 is 0 Å². The first kappa shape index (κ1) is 17.3. The molecule has 0 aliphatic heterocycles. The van der Waals surface area contributed by atoms with Gasteiger partial charge < -0.3 is 14.8 Å². The Hall–Kier alpha value is -2.49. The molecular weight excluding hydrogens is 314 g/mol. The van der Waals surface area contributed by atoms with Gasteiger partial charge >= 0.3 is 0 Å². The zero-order chi connectivity index (χ0) is 17.6. The number of ether oxygens (including phenoxy) is 2. The van der Waals surface area contributed by atoms with E-state index in [1.54, 1.807) is 12.1 Å². The van der Waals surface area contributed by atoms with Crippen LogP contribution in [0.4, 0.5) is 5.69 Å². The molecule has 0 unspecified atom stereocenters. The summed E-state index contributed by atoms with van der Waals surface area (Å²) >= 11 is 0. The van der Waals surface area contributed by atoms with Gasteiger partial charge in [-0.3, -0.25) is 4.79 Å². The SMILES string of the molecule is CCOc1ccc(OCC)c(C(=O)Nc2cccc3c2CCCC3)c1. The highest BCUT2D eigenvalue weighted by molar-refractivity contribution is 6.07. The van der Waals surface area contributed by atoms with Crippen LogP contribution < -0.4 is 14.8 Å². The molecule has 0 fully saturated rings. The van der Waals surface area contributed by atoms with Gasteiger partial charge in [-0.25, -0.2) is 0 Å². The number of fused-ring (bicyclic) bond motifs is 1. The van der Waals surface area contributed by atoms with E-state index < -0.39 is 0 Å². The molecule has 0 heterocycles. The molecule has 2 aromatic rings. The number of carbonyl (C=O) groups is 1. The largest absolute Gasteiger partial charge is 0.494 e. The van der Waals surface area contributed by atoms with E-state index in [4.69, 9.17) is 9.47 Å². The van der Waals surface area contributed by atoms with Crippen LogP contribution in [-0.4, -0.2) is 19.1 Å². The maximum absolute atomic E-state index is 12.9. The lowest BCUT2D eigenvalue weighted by Gasteiger charge is -2.20. The van der Waals surface area contributed by atoms with Crippen molar-refractivity contribution in [2.45, 2.75) is 39.5 Å². The molecular formula is C21H25NO3. The van der Waals surface area contributed by atoms with E-state index in [1.165, 1.54) is 24.0 Å². The molecule has 0 saturated heterocycles. The van der Waals surface area contributed by atoms with Gasteiger partial charge in [-0.15, -0.1) is 0 Å². The van der Waals surface area contributed by atoms with E-state index in [0.29, 0.717) is 30.3 Å². The third-order valence-corrected chi connectivity index (χ3v) is 4.45. The van der Waals surface area contributed by atoms with Gasteiger partial charge in [0, 0.05) is 5.69 Å². The van der Waals surface area contributed by atoms with Gasteiger partial charge in [-0.05, 0) is 74.9 Å². The lowest BCUT2D eigenvalue weighted by molar-refractivity contribution is 0.102. The number of nitrogens with one attached hydrogen (secondary N) is 1. The summed E-state index contributed by atoms with van der Waals surface area (Å²) in [5, 5.41) is 3.08. The third-order valence-electron chi connectivity index (χ3n) is 4.45. The maximum atomic E-state index is 12.9. The van der Waals surface area contributed by atoms with E-state index in [0.717, 1.165) is 18.5 Å². The van der Waals surface area contributed by atoms with Crippen molar-refractivity contribution in [3.63, 3.8) is 0 Å². The summed E-state index contributed by atoms with van der Waals surface area (Å²) < 4.78 is 11.2. The first-order chi connectivity index (χ1) is 12.2. The number of hydrogen-bond acceptors (Lipinski definition) is 3. The number of benzene rings is 2. The van der Waals surface area contributed by atoms with E-state index in [1.807, 2.05) is 32.0 Å². The number of hydrogen-bond donors (Lipinski definition) is 1. The van der Waals surface area contributed by atoms with Crippen molar-refractivity contribution in [3.8, 4) is 11.5 Å². The predicted molar refractivity (Wildman–Crippen MR) is 99.8 cm³/mol. The second-order valence-electron chi connectivity index (χ2n) is 6.13. The van der Waals surface area contributed by atoms with Crippen molar-refractivity contribution in [3.05, 3.63) is 53.1 Å². The molecule has 0 bridgehead atoms. The molecule has 1 amide bonds. The summed E-state index contributed by atoms with van der Waals surface area (Å²) in [6.45, 7) is 4.90. The van der Waals surface area contributed by atoms with Gasteiger partial charge in [-0.2, -0.15) is 0 Å². The van der Waals surface area contributed by atoms with Gasteiger partial charge in [0.1, 0.15) is 11.5 Å². The zero-order valence-corrected chi connectivity index (χ0v) is 14.9. The molecule has 0 spiro atoms. The Morgan fingerprint density at radius 1 is 1.04 bits per heavy atom. The van der Waals surface area contributed by atoms with Crippen LogP contribution in [0.1, 0.15) is 48.2 Å². The molecule has 1 N–H and O–H groups in total. The van der Waals surface area contributed by atoms with Crippen LogP contribution in [0.15, 0.2) is 36.4 Å². The van der Waals surface area contributed by atoms with Crippen LogP contribution in [0.3, 0.4) is 0 Å². The summed E-state index contributed by atoms with van der Waals surface area (Å²) in [6.07, 6.45) is 4.49. The van der Waals surface area contributed by atoms with E-state index in [2.05, 4.69) is 11.4 Å². The van der Waals surface area contributed by atoms with Crippen molar-refractivity contribution >= 4 is 11.6 Å². The summed E-state index contributed by atoms with van der Waals surface area (Å²) in [5.41, 5.74) is 4.02. The predicted octanol–water partition coefficient (Wildman–Crippen LogP) is 4.62. The Bertz CT molecular complexity index is 755. The average molecular weight is 339 g/mol. The first-order valence-corrected chi connectivity index (χ1v) is 9.04. The summed E-state index contributed by atoms with van der Waals surface area (Å²) in [7, 11) is 0. The van der Waals surface area contributed by atoms with Crippen molar-refractivity contribution in [2.75, 3.05) is 18.5 Å². The molecule has 25 heavy (non-hydrogen) atoms. The fraction of sp³-hybridized carbons (Fsp3) is 0.381. The molecule has 0 aromatic heterocycles. The van der Waals surface area contributed by atoms with Gasteiger partial charge in [0.25, 0.3) is 5.91 Å². The monoisotopic (exact) mass is 339 g/mol. The van der Waals surface area contributed by atoms with E-state index in [9.17, 15) is 4.79 Å². The highest BCUT2D eigenvalue weighted by Crippen LogP contribution is 2.30. The number of carbonyl (C=O) groups excluding carboxylic acids is 1. The fourth-order valence-electron chi connectivity index (χ4n) is 3.31. The lowest BCUT2D eigenvalue weighted by atomic mass is 9.90. The van der Waals surface area contributed by atoms with Gasteiger partial charge in [0.15, 0.2) is 0 Å². The topological polar surface area (TPSA) is 47.6 Å². The molecule has 4 heteroatoms. The Morgan fingerprint density at radius 2 is 1.84 bits per heavy atom. The minimum atomic E-state index is -0.163. The van der Waals surface area contributed by atoms with Gasteiger partial charge in [0.2, 0.25) is 0 Å². The standard InChI is InChI=1S/C21H25NO3/c1-3-24-16-12-13-20(25-4-2)18(14-16)21(23)22-19-11-7-9-15-8-5-6-10-17(15)19/h7,9,11-14H,3-6,8,10H2,1-2H3,(H,22,23). The van der Waals surface area contributed by atoms with Crippen LogP contribution in [0.25, 0.3) is 0 Å². The van der Waals surface area contributed by atoms with Crippen LogP contribution in [0.5, 0.6) is 11.5 Å². The summed E-state index contributed by atoms with van der Waals surface area (Å²) in [5.74, 6) is 1.09. The maximum Gasteiger partial charge on any atom is 0.259 e. The normalized spacial score (nSPS) is 13.0. The van der Waals surface area contributed by atoms with Gasteiger partial charge in [0.05, 0.1) is 18.8 Å². The molecule has 0 radical (unpaired) electrons. The quantitative estimate of drug-likeness (QED) is 0.836. The third kappa shape index (κ3) is 3.95. The van der Waals surface area contributed by atoms with Crippen LogP contribution >= 0.6 is 0 Å². The van der Waals surface area contributed by atoms with Crippen molar-refractivity contribution < 1.29 is 14.3 Å². The highest BCUT2D eigenvalue weighted by atomic mass is 16.5. The minimum absolute atomic E-state index is 0.163. The molecule has 1 aliphatic rings. The Labute approximate surface area is 149 Å². The zero-order valence-electron chi connectivity index (χ0n) is 14.9. The van der Waals surface area contributed by atoms with Crippen molar-refractivity contribution in [1.29, 1.82) is 0 Å². The Morgan fingerprint density at radius 3 is 2.64 bits per heavy atom. The minimum Gasteiger partial charge on any atom is -0.494 e. The van der Waals surface area contributed by atoms with Crippen LogP contribution in [-0.2, 0) is 12.8 Å². The number of amides is 1. The Kier molecular flexibility index (Phi) is 5.59. The van der Waals surface area contributed by atoms with Gasteiger partial charge in [-0.1, -0.05) is 12.1 Å². The summed E-state index contributed by atoms with van der Waals surface area (Å²) in [4.78, 5) is 12.9. The molecule has 132 valence electrons. The van der Waals surface area contributed by atoms with Crippen molar-refractivity contribution in [1.82, 2.24) is 0 Å². The molecule has 1 aliphatic carbocycles. The summed E-state index contributed by atoms with van der Waals surface area (Å²) in [6, 6.07) is 11.5. The lowest BCUT2D eigenvalue weighted by Crippen LogP contribution is -2.16. The molecule has 4 nitrogen and oxygen atoms in total. The second-order valence-corrected chi connectivity index (χ2v) is 6.13. The molecule has 2 aromatic carbocycles. The molecule has 0 saturated carbocycles. The molecule has 0 atom stereocenters.